The molecule has 140 valence electrons. The summed E-state index contributed by atoms with van der Waals surface area (Å²) in [4.78, 5) is 24.6. The van der Waals surface area contributed by atoms with Crippen LogP contribution in [0, 0.1) is 0 Å². The van der Waals surface area contributed by atoms with Gasteiger partial charge in [0.05, 0.1) is 10.6 Å². The number of benzene rings is 2. The van der Waals surface area contributed by atoms with Gasteiger partial charge in [-0.25, -0.2) is 8.42 Å². The number of nitrogens with one attached hydrogen (secondary N) is 1. The van der Waals surface area contributed by atoms with E-state index in [4.69, 9.17) is 4.74 Å². The molecule has 1 saturated heterocycles. The van der Waals surface area contributed by atoms with Crippen molar-refractivity contribution in [3.8, 4) is 5.75 Å². The van der Waals surface area contributed by atoms with Crippen molar-refractivity contribution >= 4 is 33.2 Å². The summed E-state index contributed by atoms with van der Waals surface area (Å²) >= 11 is 0. The van der Waals surface area contributed by atoms with E-state index in [0.29, 0.717) is 23.7 Å². The predicted octanol–water partition coefficient (Wildman–Crippen LogP) is 2.71. The molecule has 0 aromatic heterocycles. The molecule has 2 aromatic rings. The number of hydrogen-bond donors (Lipinski definition) is 1. The fourth-order valence-corrected chi connectivity index (χ4v) is 3.69. The van der Waals surface area contributed by atoms with Gasteiger partial charge in [0, 0.05) is 18.5 Å². The van der Waals surface area contributed by atoms with Crippen LogP contribution in [0.2, 0.25) is 0 Å². The van der Waals surface area contributed by atoms with Crippen LogP contribution in [0.5, 0.6) is 5.75 Å². The zero-order valence-corrected chi connectivity index (χ0v) is 15.2. The van der Waals surface area contributed by atoms with Crippen molar-refractivity contribution in [2.45, 2.75) is 17.7 Å². The second-order valence-electron chi connectivity index (χ2n) is 5.85. The second kappa shape index (κ2) is 7.63. The Morgan fingerprint density at radius 2 is 1.59 bits per heavy atom. The number of imide groups is 1. The first-order chi connectivity index (χ1) is 12.9. The number of nitrogens with zero attached hydrogens (tertiary/aromatic N) is 1. The van der Waals surface area contributed by atoms with E-state index in [0.717, 1.165) is 4.90 Å². The number of carbonyl (C=O) groups excluding carboxylic acids is 2. The van der Waals surface area contributed by atoms with Crippen LogP contribution in [0.3, 0.4) is 0 Å². The maximum absolute atomic E-state index is 12.5. The van der Waals surface area contributed by atoms with Gasteiger partial charge >= 0.3 is 0 Å². The molecule has 7 nitrogen and oxygen atoms in total. The highest BCUT2D eigenvalue weighted by Gasteiger charge is 2.30. The van der Waals surface area contributed by atoms with E-state index in [9.17, 15) is 18.0 Å². The summed E-state index contributed by atoms with van der Waals surface area (Å²) in [5.41, 5.74) is 0.750. The van der Waals surface area contributed by atoms with Crippen molar-refractivity contribution in [2.75, 3.05) is 16.2 Å². The highest BCUT2D eigenvalue weighted by atomic mass is 32.2. The number of rotatable bonds is 7. The third-order valence-corrected chi connectivity index (χ3v) is 5.33. The molecule has 2 aromatic carbocycles. The van der Waals surface area contributed by atoms with Crippen molar-refractivity contribution in [3.63, 3.8) is 0 Å². The molecule has 1 aliphatic heterocycles. The molecule has 0 radical (unpaired) electrons. The van der Waals surface area contributed by atoms with E-state index in [1.807, 2.05) is 0 Å². The van der Waals surface area contributed by atoms with Gasteiger partial charge in [0.2, 0.25) is 11.8 Å². The van der Waals surface area contributed by atoms with E-state index in [1.54, 1.807) is 30.3 Å². The van der Waals surface area contributed by atoms with Gasteiger partial charge in [-0.3, -0.25) is 19.2 Å². The molecule has 0 unspecified atom stereocenters. The van der Waals surface area contributed by atoms with E-state index >= 15 is 0 Å². The average molecular weight is 386 g/mol. The van der Waals surface area contributed by atoms with Gasteiger partial charge in [-0.05, 0) is 48.5 Å². The number of sulfonamides is 1. The van der Waals surface area contributed by atoms with Crippen molar-refractivity contribution < 1.29 is 22.7 Å². The minimum Gasteiger partial charge on any atom is -0.490 e. The summed E-state index contributed by atoms with van der Waals surface area (Å²) < 4.78 is 32.9. The Kier molecular flexibility index (Phi) is 5.27. The lowest BCUT2D eigenvalue weighted by molar-refractivity contribution is -0.121. The maximum Gasteiger partial charge on any atom is 0.261 e. The van der Waals surface area contributed by atoms with Crippen LogP contribution >= 0.6 is 0 Å². The molecule has 0 bridgehead atoms. The Morgan fingerprint density at radius 3 is 2.15 bits per heavy atom. The van der Waals surface area contributed by atoms with Gasteiger partial charge < -0.3 is 4.74 Å². The SMILES string of the molecule is C=CCOc1ccc(NS(=O)(=O)c2ccc(N3C(=O)CCC3=O)cc2)cc1. The number of amides is 2. The molecule has 0 aliphatic carbocycles. The normalized spacial score (nSPS) is 14.3. The third kappa shape index (κ3) is 4.17. The van der Waals surface area contributed by atoms with E-state index in [-0.39, 0.29) is 29.6 Å². The van der Waals surface area contributed by atoms with Gasteiger partial charge in [0.25, 0.3) is 10.0 Å². The molecule has 1 fully saturated rings. The highest BCUT2D eigenvalue weighted by molar-refractivity contribution is 7.92. The van der Waals surface area contributed by atoms with Crippen molar-refractivity contribution in [1.82, 2.24) is 0 Å². The molecule has 1 heterocycles. The Hall–Kier alpha value is -3.13. The summed E-state index contributed by atoms with van der Waals surface area (Å²) in [7, 11) is -3.81. The second-order valence-corrected chi connectivity index (χ2v) is 7.53. The average Bonchev–Trinajstić information content (AvgIpc) is 2.99. The molecule has 1 N–H and O–H groups in total. The summed E-state index contributed by atoms with van der Waals surface area (Å²) in [6.45, 7) is 3.92. The molecule has 8 heteroatoms. The number of anilines is 2. The predicted molar refractivity (Wildman–Crippen MR) is 101 cm³/mol. The highest BCUT2D eigenvalue weighted by Crippen LogP contribution is 2.25. The smallest absolute Gasteiger partial charge is 0.261 e. The largest absolute Gasteiger partial charge is 0.490 e. The maximum atomic E-state index is 12.5. The van der Waals surface area contributed by atoms with Gasteiger partial charge in [-0.2, -0.15) is 0 Å². The summed E-state index contributed by atoms with van der Waals surface area (Å²) in [6, 6.07) is 12.1. The monoisotopic (exact) mass is 386 g/mol. The lowest BCUT2D eigenvalue weighted by Crippen LogP contribution is -2.28. The Balaban J connectivity index is 1.74. The fourth-order valence-electron chi connectivity index (χ4n) is 2.63. The van der Waals surface area contributed by atoms with Crippen molar-refractivity contribution in [1.29, 1.82) is 0 Å². The van der Waals surface area contributed by atoms with Crippen LogP contribution in [-0.4, -0.2) is 26.8 Å². The zero-order valence-electron chi connectivity index (χ0n) is 14.4. The summed E-state index contributed by atoms with van der Waals surface area (Å²) in [6.07, 6.45) is 1.96. The quantitative estimate of drug-likeness (QED) is 0.583. The van der Waals surface area contributed by atoms with Crippen LogP contribution in [-0.2, 0) is 19.6 Å². The molecular formula is C19H18N2O5S. The van der Waals surface area contributed by atoms with Crippen LogP contribution in [0.15, 0.2) is 66.1 Å². The molecule has 0 spiro atoms. The molecule has 0 saturated carbocycles. The van der Waals surface area contributed by atoms with E-state index < -0.39 is 10.0 Å². The first-order valence-corrected chi connectivity index (χ1v) is 9.71. The van der Waals surface area contributed by atoms with Gasteiger partial charge in [0.1, 0.15) is 12.4 Å². The minimum atomic E-state index is -3.81. The van der Waals surface area contributed by atoms with Crippen molar-refractivity contribution in [2.24, 2.45) is 0 Å². The molecule has 0 atom stereocenters. The topological polar surface area (TPSA) is 92.8 Å². The first kappa shape index (κ1) is 18.7. The first-order valence-electron chi connectivity index (χ1n) is 8.23. The Bertz CT molecular complexity index is 950. The lowest BCUT2D eigenvalue weighted by Gasteiger charge is -2.14. The Morgan fingerprint density at radius 1 is 1.00 bits per heavy atom. The molecule has 27 heavy (non-hydrogen) atoms. The molecule has 1 aliphatic rings. The lowest BCUT2D eigenvalue weighted by atomic mass is 10.3. The standard InChI is InChI=1S/C19H18N2O5S/c1-2-13-26-16-7-3-14(4-8-16)20-27(24,25)17-9-5-15(6-10-17)21-18(22)11-12-19(21)23/h2-10,20H,1,11-13H2. The van der Waals surface area contributed by atoms with E-state index in [2.05, 4.69) is 11.3 Å². The van der Waals surface area contributed by atoms with Gasteiger partial charge in [-0.15, -0.1) is 0 Å². The molecule has 3 rings (SSSR count). The summed E-state index contributed by atoms with van der Waals surface area (Å²) in [5, 5.41) is 0. The zero-order chi connectivity index (χ0) is 19.4. The van der Waals surface area contributed by atoms with Crippen LogP contribution in [0.25, 0.3) is 0 Å². The van der Waals surface area contributed by atoms with Gasteiger partial charge in [-0.1, -0.05) is 12.7 Å². The minimum absolute atomic E-state index is 0.0253. The Labute approximate surface area is 157 Å². The summed E-state index contributed by atoms with van der Waals surface area (Å²) in [5.74, 6) is 0.0298. The van der Waals surface area contributed by atoms with Crippen LogP contribution in [0.1, 0.15) is 12.8 Å². The van der Waals surface area contributed by atoms with E-state index in [1.165, 1.54) is 24.3 Å². The van der Waals surface area contributed by atoms with Crippen molar-refractivity contribution in [3.05, 3.63) is 61.2 Å². The fraction of sp³-hybridized carbons (Fsp3) is 0.158. The van der Waals surface area contributed by atoms with Crippen LogP contribution in [0.4, 0.5) is 11.4 Å². The molecule has 2 amide bonds. The number of hydrogen-bond acceptors (Lipinski definition) is 5. The molecular weight excluding hydrogens is 368 g/mol. The number of ether oxygens (including phenoxy) is 1. The van der Waals surface area contributed by atoms with Crippen LogP contribution < -0.4 is 14.4 Å². The van der Waals surface area contributed by atoms with Gasteiger partial charge in [0.15, 0.2) is 0 Å². The number of carbonyl (C=O) groups is 2. The third-order valence-electron chi connectivity index (χ3n) is 3.93.